The summed E-state index contributed by atoms with van der Waals surface area (Å²) < 4.78 is 12.0. The number of nitrogens with zero attached hydrogens (tertiary/aromatic N) is 6. The Kier molecular flexibility index (Phi) is 4.84. The minimum absolute atomic E-state index is 0.0625. The number of carbonyl (C=O) groups excluding carboxylic acids is 2. The molecule has 0 aromatic carbocycles. The quantitative estimate of drug-likeness (QED) is 0.744. The van der Waals surface area contributed by atoms with Gasteiger partial charge in [0.05, 0.1) is 11.7 Å². The van der Waals surface area contributed by atoms with E-state index in [4.69, 9.17) is 9.72 Å². The van der Waals surface area contributed by atoms with Gasteiger partial charge in [-0.1, -0.05) is 0 Å². The summed E-state index contributed by atoms with van der Waals surface area (Å²) in [4.78, 5) is 38.0. The molecule has 2 aromatic heterocycles. The zero-order valence-electron chi connectivity index (χ0n) is 17.4. The lowest BCUT2D eigenvalue weighted by Crippen LogP contribution is -2.44. The number of imidazole rings is 1. The first-order chi connectivity index (χ1) is 13.7. The smallest absolute Gasteiger partial charge is 0.410 e. The van der Waals surface area contributed by atoms with Crippen molar-refractivity contribution in [2.24, 2.45) is 0 Å². The van der Waals surface area contributed by atoms with Crippen LogP contribution in [0.25, 0.3) is 10.8 Å². The van der Waals surface area contributed by atoms with Crippen LogP contribution in [0.4, 0.5) is 10.6 Å². The van der Waals surface area contributed by atoms with E-state index in [9.17, 15) is 9.59 Å². The Morgan fingerprint density at radius 2 is 1.97 bits per heavy atom. The Bertz CT molecular complexity index is 960. The number of hydrogen-bond donors (Lipinski definition) is 0. The molecule has 0 bridgehead atoms. The SMILES string of the molecule is Cc1nsc(-c2nc(N3CCCC3=O)c3n2CCN(C(=O)OC(C)(C)C)[C@@H]3C)n1. The molecule has 1 saturated heterocycles. The third kappa shape index (κ3) is 3.61. The summed E-state index contributed by atoms with van der Waals surface area (Å²) in [6.45, 7) is 11.1. The molecule has 2 aliphatic rings. The Morgan fingerprint density at radius 1 is 1.21 bits per heavy atom. The fourth-order valence-corrected chi connectivity index (χ4v) is 4.50. The molecule has 2 amide bonds. The van der Waals surface area contributed by atoms with E-state index in [0.29, 0.717) is 43.5 Å². The normalized spacial score (nSPS) is 19.6. The number of amides is 2. The molecule has 1 atom stereocenters. The summed E-state index contributed by atoms with van der Waals surface area (Å²) in [6.07, 6.45) is 0.969. The number of rotatable bonds is 2. The van der Waals surface area contributed by atoms with Gasteiger partial charge in [0.2, 0.25) is 5.91 Å². The first kappa shape index (κ1) is 19.8. The van der Waals surface area contributed by atoms with Gasteiger partial charge in [-0.05, 0) is 52.6 Å². The number of aryl methyl sites for hydroxylation is 1. The third-order valence-corrected chi connectivity index (χ3v) is 5.89. The lowest BCUT2D eigenvalue weighted by Gasteiger charge is -2.36. The van der Waals surface area contributed by atoms with Crippen LogP contribution in [0, 0.1) is 6.92 Å². The monoisotopic (exact) mass is 418 g/mol. The second-order valence-corrected chi connectivity index (χ2v) is 9.19. The van der Waals surface area contributed by atoms with Crippen molar-refractivity contribution in [1.29, 1.82) is 0 Å². The van der Waals surface area contributed by atoms with Gasteiger partial charge in [-0.25, -0.2) is 14.8 Å². The zero-order chi connectivity index (χ0) is 20.9. The topological polar surface area (TPSA) is 93.5 Å². The molecular weight excluding hydrogens is 392 g/mol. The summed E-state index contributed by atoms with van der Waals surface area (Å²) in [5, 5.41) is 0.722. The average Bonchev–Trinajstić information content (AvgIpc) is 3.31. The van der Waals surface area contributed by atoms with Crippen molar-refractivity contribution in [2.45, 2.75) is 65.6 Å². The maximum atomic E-state index is 12.8. The van der Waals surface area contributed by atoms with E-state index in [2.05, 4.69) is 13.9 Å². The van der Waals surface area contributed by atoms with Crippen molar-refractivity contribution in [3.63, 3.8) is 0 Å². The van der Waals surface area contributed by atoms with E-state index < -0.39 is 5.60 Å². The highest BCUT2D eigenvalue weighted by Crippen LogP contribution is 2.39. The summed E-state index contributed by atoms with van der Waals surface area (Å²) in [6, 6.07) is -0.280. The number of ether oxygens (including phenoxy) is 1. The molecule has 10 heteroatoms. The highest BCUT2D eigenvalue weighted by Gasteiger charge is 2.39. The third-order valence-electron chi connectivity index (χ3n) is 5.09. The molecule has 1 fully saturated rings. The molecule has 29 heavy (non-hydrogen) atoms. The van der Waals surface area contributed by atoms with Crippen molar-refractivity contribution < 1.29 is 14.3 Å². The minimum atomic E-state index is -0.572. The fraction of sp³-hybridized carbons (Fsp3) is 0.632. The van der Waals surface area contributed by atoms with Crippen LogP contribution in [0.3, 0.4) is 0 Å². The number of fused-ring (bicyclic) bond motifs is 1. The van der Waals surface area contributed by atoms with Gasteiger partial charge in [0.15, 0.2) is 16.6 Å². The van der Waals surface area contributed by atoms with Gasteiger partial charge in [-0.15, -0.1) is 0 Å². The van der Waals surface area contributed by atoms with Gasteiger partial charge in [-0.2, -0.15) is 4.37 Å². The van der Waals surface area contributed by atoms with Gasteiger partial charge in [0.25, 0.3) is 0 Å². The Hall–Kier alpha value is -2.49. The van der Waals surface area contributed by atoms with Crippen LogP contribution in [0.2, 0.25) is 0 Å². The van der Waals surface area contributed by atoms with Crippen molar-refractivity contribution >= 4 is 29.4 Å². The standard InChI is InChI=1S/C19H26N6O3S/c1-11-14-15(24-8-6-7-13(24)26)21-16(17-20-12(2)22-29-17)25(14)10-9-23(11)18(27)28-19(3,4)5/h11H,6-10H2,1-5H3/t11-/m1/s1. The number of carbonyl (C=O) groups is 2. The summed E-state index contributed by atoms with van der Waals surface area (Å²) in [5.74, 6) is 2.08. The second-order valence-electron chi connectivity index (χ2n) is 8.44. The largest absolute Gasteiger partial charge is 0.444 e. The van der Waals surface area contributed by atoms with Crippen LogP contribution in [0.5, 0.6) is 0 Å². The van der Waals surface area contributed by atoms with E-state index in [1.165, 1.54) is 11.5 Å². The number of anilines is 1. The molecule has 0 radical (unpaired) electrons. The first-order valence-electron chi connectivity index (χ1n) is 9.87. The first-order valence-corrected chi connectivity index (χ1v) is 10.6. The predicted molar refractivity (Wildman–Crippen MR) is 109 cm³/mol. The van der Waals surface area contributed by atoms with Gasteiger partial charge in [0.1, 0.15) is 11.4 Å². The molecule has 156 valence electrons. The van der Waals surface area contributed by atoms with Crippen molar-refractivity contribution in [1.82, 2.24) is 23.8 Å². The number of hydrogen-bond acceptors (Lipinski definition) is 7. The molecule has 0 unspecified atom stereocenters. The fourth-order valence-electron chi connectivity index (χ4n) is 3.83. The van der Waals surface area contributed by atoms with E-state index in [1.807, 2.05) is 34.6 Å². The molecule has 4 rings (SSSR count). The molecule has 0 spiro atoms. The van der Waals surface area contributed by atoms with Crippen molar-refractivity contribution in [3.05, 3.63) is 11.5 Å². The van der Waals surface area contributed by atoms with E-state index >= 15 is 0 Å². The van der Waals surface area contributed by atoms with Gasteiger partial charge in [-0.3, -0.25) is 14.6 Å². The van der Waals surface area contributed by atoms with Crippen LogP contribution in [0.1, 0.15) is 58.1 Å². The van der Waals surface area contributed by atoms with Crippen LogP contribution < -0.4 is 4.90 Å². The van der Waals surface area contributed by atoms with Crippen molar-refractivity contribution in [3.8, 4) is 10.8 Å². The highest BCUT2D eigenvalue weighted by molar-refractivity contribution is 7.09. The van der Waals surface area contributed by atoms with E-state index in [1.54, 1.807) is 9.80 Å². The summed E-state index contributed by atoms with van der Waals surface area (Å²) >= 11 is 1.30. The molecule has 0 N–H and O–H groups in total. The molecule has 4 heterocycles. The predicted octanol–water partition coefficient (Wildman–Crippen LogP) is 3.15. The minimum Gasteiger partial charge on any atom is -0.444 e. The Labute approximate surface area is 173 Å². The zero-order valence-corrected chi connectivity index (χ0v) is 18.2. The average molecular weight is 419 g/mol. The van der Waals surface area contributed by atoms with E-state index in [-0.39, 0.29) is 18.0 Å². The Balaban J connectivity index is 1.77. The number of aromatic nitrogens is 4. The summed E-state index contributed by atoms with van der Waals surface area (Å²) in [7, 11) is 0. The van der Waals surface area contributed by atoms with Crippen molar-refractivity contribution in [2.75, 3.05) is 18.0 Å². The molecular formula is C19H26N6O3S. The maximum absolute atomic E-state index is 12.8. The van der Waals surface area contributed by atoms with Gasteiger partial charge >= 0.3 is 6.09 Å². The van der Waals surface area contributed by atoms with Crippen LogP contribution in [-0.4, -0.2) is 54.5 Å². The molecule has 2 aromatic rings. The highest BCUT2D eigenvalue weighted by atomic mass is 32.1. The van der Waals surface area contributed by atoms with E-state index in [0.717, 1.165) is 17.1 Å². The van der Waals surface area contributed by atoms with Gasteiger partial charge < -0.3 is 9.30 Å². The summed E-state index contributed by atoms with van der Waals surface area (Å²) in [5.41, 5.74) is 0.275. The molecule has 2 aliphatic heterocycles. The maximum Gasteiger partial charge on any atom is 0.410 e. The Morgan fingerprint density at radius 3 is 2.55 bits per heavy atom. The van der Waals surface area contributed by atoms with Gasteiger partial charge in [0, 0.05) is 26.1 Å². The molecule has 0 aliphatic carbocycles. The lowest BCUT2D eigenvalue weighted by molar-refractivity contribution is -0.117. The van der Waals surface area contributed by atoms with Crippen LogP contribution >= 0.6 is 11.5 Å². The molecule has 0 saturated carbocycles. The molecule has 9 nitrogen and oxygen atoms in total. The second kappa shape index (κ2) is 7.08. The lowest BCUT2D eigenvalue weighted by atomic mass is 10.1. The van der Waals surface area contributed by atoms with Crippen LogP contribution in [0.15, 0.2) is 0 Å². The van der Waals surface area contributed by atoms with Crippen LogP contribution in [-0.2, 0) is 16.1 Å².